The van der Waals surface area contributed by atoms with Gasteiger partial charge in [0.25, 0.3) is 0 Å². The van der Waals surface area contributed by atoms with Crippen LogP contribution in [0.5, 0.6) is 0 Å². The quantitative estimate of drug-likeness (QED) is 0.724. The molecule has 1 amide bonds. The van der Waals surface area contributed by atoms with Crippen LogP contribution in [0.1, 0.15) is 30.1 Å². The third-order valence-electron chi connectivity index (χ3n) is 2.18. The topological polar surface area (TPSA) is 86.6 Å². The molecule has 1 aromatic carbocycles. The molecule has 0 saturated carbocycles. The van der Waals surface area contributed by atoms with Crippen LogP contribution < -0.4 is 5.32 Å². The van der Waals surface area contributed by atoms with E-state index in [2.05, 4.69) is 5.32 Å². The molecule has 5 nitrogen and oxygen atoms in total. The number of hydrogen-bond donors (Lipinski definition) is 3. The first-order valence-electron chi connectivity index (χ1n) is 5.30. The molecule has 0 heterocycles. The number of benzene rings is 1. The number of rotatable bonds is 5. The standard InChI is InChI=1S/C12H15NO4/c1-8(14)5-6-11(15)13-10-4-2-3-9(7-10)12(16)17/h2-4,7-8,14H,5-6H2,1H3,(H,13,15)(H,16,17). The highest BCUT2D eigenvalue weighted by Crippen LogP contribution is 2.11. The van der Waals surface area contributed by atoms with Crippen molar-refractivity contribution in [3.63, 3.8) is 0 Å². The molecule has 0 fully saturated rings. The van der Waals surface area contributed by atoms with Crippen molar-refractivity contribution in [2.24, 2.45) is 0 Å². The number of aromatic carboxylic acids is 1. The molecule has 17 heavy (non-hydrogen) atoms. The normalized spacial score (nSPS) is 11.9. The van der Waals surface area contributed by atoms with Crippen LogP contribution in [0.15, 0.2) is 24.3 Å². The Kier molecular flexibility index (Phi) is 4.66. The van der Waals surface area contributed by atoms with E-state index in [1.54, 1.807) is 19.1 Å². The largest absolute Gasteiger partial charge is 0.478 e. The summed E-state index contributed by atoms with van der Waals surface area (Å²) >= 11 is 0. The SMILES string of the molecule is CC(O)CCC(=O)Nc1cccc(C(=O)O)c1. The molecule has 92 valence electrons. The Balaban J connectivity index is 2.59. The third-order valence-corrected chi connectivity index (χ3v) is 2.18. The molecule has 0 spiro atoms. The van der Waals surface area contributed by atoms with Gasteiger partial charge >= 0.3 is 5.97 Å². The monoisotopic (exact) mass is 237 g/mol. The van der Waals surface area contributed by atoms with Gasteiger partial charge in [0.05, 0.1) is 11.7 Å². The number of aliphatic hydroxyl groups excluding tert-OH is 1. The van der Waals surface area contributed by atoms with Crippen LogP contribution in [0.25, 0.3) is 0 Å². The Morgan fingerprint density at radius 3 is 2.71 bits per heavy atom. The summed E-state index contributed by atoms with van der Waals surface area (Å²) in [6.45, 7) is 1.61. The van der Waals surface area contributed by atoms with Gasteiger partial charge in [-0.15, -0.1) is 0 Å². The van der Waals surface area contributed by atoms with Crippen molar-refractivity contribution in [1.82, 2.24) is 0 Å². The maximum Gasteiger partial charge on any atom is 0.335 e. The predicted molar refractivity (Wildman–Crippen MR) is 62.9 cm³/mol. The van der Waals surface area contributed by atoms with E-state index in [4.69, 9.17) is 10.2 Å². The molecule has 0 aliphatic heterocycles. The highest BCUT2D eigenvalue weighted by atomic mass is 16.4. The highest BCUT2D eigenvalue weighted by Gasteiger charge is 2.07. The lowest BCUT2D eigenvalue weighted by Crippen LogP contribution is -2.14. The van der Waals surface area contributed by atoms with E-state index < -0.39 is 12.1 Å². The molecule has 3 N–H and O–H groups in total. The van der Waals surface area contributed by atoms with Gasteiger partial charge in [-0.05, 0) is 31.5 Å². The zero-order chi connectivity index (χ0) is 12.8. The Hall–Kier alpha value is -1.88. The molecule has 0 aromatic heterocycles. The molecule has 0 aliphatic carbocycles. The predicted octanol–water partition coefficient (Wildman–Crippen LogP) is 1.48. The summed E-state index contributed by atoms with van der Waals surface area (Å²) in [5.41, 5.74) is 0.568. The summed E-state index contributed by atoms with van der Waals surface area (Å²) in [4.78, 5) is 22.1. The van der Waals surface area contributed by atoms with Gasteiger partial charge in [-0.3, -0.25) is 4.79 Å². The summed E-state index contributed by atoms with van der Waals surface area (Å²) < 4.78 is 0. The van der Waals surface area contributed by atoms with Crippen molar-refractivity contribution in [1.29, 1.82) is 0 Å². The number of carbonyl (C=O) groups excluding carboxylic acids is 1. The van der Waals surface area contributed by atoms with Gasteiger partial charge in [0.15, 0.2) is 0 Å². The average molecular weight is 237 g/mol. The second kappa shape index (κ2) is 6.00. The number of anilines is 1. The van der Waals surface area contributed by atoms with Gasteiger partial charge in [0, 0.05) is 12.1 Å². The molecule has 1 atom stereocenters. The number of carbonyl (C=O) groups is 2. The van der Waals surface area contributed by atoms with Crippen molar-refractivity contribution in [2.45, 2.75) is 25.9 Å². The second-order valence-corrected chi connectivity index (χ2v) is 3.82. The minimum Gasteiger partial charge on any atom is -0.478 e. The molecular formula is C12H15NO4. The smallest absolute Gasteiger partial charge is 0.335 e. The van der Waals surface area contributed by atoms with Crippen molar-refractivity contribution in [3.8, 4) is 0 Å². The van der Waals surface area contributed by atoms with E-state index in [1.807, 2.05) is 0 Å². The second-order valence-electron chi connectivity index (χ2n) is 3.82. The lowest BCUT2D eigenvalue weighted by Gasteiger charge is -2.07. The number of carboxylic acid groups (broad SMARTS) is 1. The van der Waals surface area contributed by atoms with Gasteiger partial charge in [-0.25, -0.2) is 4.79 Å². The molecule has 0 radical (unpaired) electrons. The summed E-state index contributed by atoms with van der Waals surface area (Å²) in [6, 6.07) is 6.02. The van der Waals surface area contributed by atoms with E-state index in [1.165, 1.54) is 12.1 Å². The van der Waals surface area contributed by atoms with E-state index in [0.717, 1.165) is 0 Å². The van der Waals surface area contributed by atoms with E-state index in [9.17, 15) is 9.59 Å². The van der Waals surface area contributed by atoms with Gasteiger partial charge < -0.3 is 15.5 Å². The molecular weight excluding hydrogens is 222 g/mol. The first-order valence-corrected chi connectivity index (χ1v) is 5.30. The van der Waals surface area contributed by atoms with Gasteiger partial charge in [0.1, 0.15) is 0 Å². The summed E-state index contributed by atoms with van der Waals surface area (Å²) in [5.74, 6) is -1.28. The lowest BCUT2D eigenvalue weighted by atomic mass is 10.2. The van der Waals surface area contributed by atoms with E-state index in [-0.39, 0.29) is 17.9 Å². The maximum atomic E-state index is 11.4. The van der Waals surface area contributed by atoms with E-state index in [0.29, 0.717) is 12.1 Å². The van der Waals surface area contributed by atoms with Crippen LogP contribution >= 0.6 is 0 Å². The minimum absolute atomic E-state index is 0.123. The summed E-state index contributed by atoms with van der Waals surface area (Å²) in [5, 5.41) is 20.4. The lowest BCUT2D eigenvalue weighted by molar-refractivity contribution is -0.116. The minimum atomic E-state index is -1.04. The number of aliphatic hydroxyl groups is 1. The van der Waals surface area contributed by atoms with Crippen LogP contribution in [0.3, 0.4) is 0 Å². The number of carboxylic acids is 1. The van der Waals surface area contributed by atoms with Crippen molar-refractivity contribution in [3.05, 3.63) is 29.8 Å². The Bertz CT molecular complexity index is 415. The fraction of sp³-hybridized carbons (Fsp3) is 0.333. The summed E-state index contributed by atoms with van der Waals surface area (Å²) in [6.07, 6.45) is 0.0606. The van der Waals surface area contributed by atoms with Crippen LogP contribution in [0.2, 0.25) is 0 Å². The number of amides is 1. The van der Waals surface area contributed by atoms with Gasteiger partial charge in [-0.1, -0.05) is 6.07 Å². The molecule has 0 bridgehead atoms. The molecule has 0 saturated heterocycles. The Labute approximate surface area is 99.1 Å². The molecule has 0 aliphatic rings. The van der Waals surface area contributed by atoms with Crippen LogP contribution in [-0.4, -0.2) is 28.2 Å². The zero-order valence-electron chi connectivity index (χ0n) is 9.51. The van der Waals surface area contributed by atoms with Crippen molar-refractivity contribution in [2.75, 3.05) is 5.32 Å². The van der Waals surface area contributed by atoms with Crippen LogP contribution in [0, 0.1) is 0 Å². The van der Waals surface area contributed by atoms with Crippen LogP contribution in [-0.2, 0) is 4.79 Å². The zero-order valence-corrected chi connectivity index (χ0v) is 9.51. The maximum absolute atomic E-state index is 11.4. The third kappa shape index (κ3) is 4.65. The summed E-state index contributed by atoms with van der Waals surface area (Å²) in [7, 11) is 0. The van der Waals surface area contributed by atoms with Crippen LogP contribution in [0.4, 0.5) is 5.69 Å². The van der Waals surface area contributed by atoms with Gasteiger partial charge in [-0.2, -0.15) is 0 Å². The molecule has 1 rings (SSSR count). The highest BCUT2D eigenvalue weighted by molar-refractivity contribution is 5.93. The number of nitrogens with one attached hydrogen (secondary N) is 1. The van der Waals surface area contributed by atoms with Gasteiger partial charge in [0.2, 0.25) is 5.91 Å². The first kappa shape index (κ1) is 13.2. The van der Waals surface area contributed by atoms with E-state index >= 15 is 0 Å². The number of hydrogen-bond acceptors (Lipinski definition) is 3. The average Bonchev–Trinajstić information content (AvgIpc) is 2.26. The molecule has 5 heteroatoms. The first-order chi connectivity index (χ1) is 7.99. The molecule has 1 unspecified atom stereocenters. The molecule has 1 aromatic rings. The fourth-order valence-corrected chi connectivity index (χ4v) is 1.29. The van der Waals surface area contributed by atoms with Crippen molar-refractivity contribution >= 4 is 17.6 Å². The Morgan fingerprint density at radius 2 is 2.12 bits per heavy atom. The Morgan fingerprint density at radius 1 is 1.41 bits per heavy atom. The van der Waals surface area contributed by atoms with Crippen molar-refractivity contribution < 1.29 is 19.8 Å². The fourth-order valence-electron chi connectivity index (χ4n) is 1.29.